The summed E-state index contributed by atoms with van der Waals surface area (Å²) in [6.45, 7) is -0.0153. The van der Waals surface area contributed by atoms with Crippen molar-refractivity contribution in [3.63, 3.8) is 0 Å². The summed E-state index contributed by atoms with van der Waals surface area (Å²) in [4.78, 5) is 12.0. The maximum absolute atomic E-state index is 12.9. The zero-order chi connectivity index (χ0) is 15.8. The van der Waals surface area contributed by atoms with Crippen molar-refractivity contribution < 1.29 is 28.2 Å². The van der Waals surface area contributed by atoms with Gasteiger partial charge in [0.05, 0.1) is 17.1 Å². The zero-order valence-electron chi connectivity index (χ0n) is 10.8. The van der Waals surface area contributed by atoms with E-state index in [2.05, 4.69) is 0 Å². The van der Waals surface area contributed by atoms with Crippen LogP contribution in [0, 0.1) is 0 Å². The van der Waals surface area contributed by atoms with Crippen LogP contribution in [0.1, 0.15) is 24.0 Å². The van der Waals surface area contributed by atoms with Crippen LogP contribution in [0.5, 0.6) is 0 Å². The van der Waals surface area contributed by atoms with Gasteiger partial charge in [0.25, 0.3) is 0 Å². The third-order valence-corrected chi connectivity index (χ3v) is 3.88. The average Bonchev–Trinajstić information content (AvgIpc) is 2.37. The van der Waals surface area contributed by atoms with Gasteiger partial charge in [0.1, 0.15) is 5.60 Å². The predicted octanol–water partition coefficient (Wildman–Crippen LogP) is 3.32. The smallest absolute Gasteiger partial charge is 0.417 e. The van der Waals surface area contributed by atoms with Crippen LogP contribution < -0.4 is 0 Å². The SMILES string of the molecule is O=C(O)N1CCCC(O)(c2ccc(Cl)c(C(F)(F)F)c2)C1. The molecule has 1 atom stereocenters. The van der Waals surface area contributed by atoms with Gasteiger partial charge in [-0.15, -0.1) is 0 Å². The summed E-state index contributed by atoms with van der Waals surface area (Å²) in [6.07, 6.45) is -5.29. The van der Waals surface area contributed by atoms with Gasteiger partial charge in [0, 0.05) is 6.54 Å². The Hall–Kier alpha value is -1.47. The first-order valence-corrected chi connectivity index (χ1v) is 6.59. The molecule has 1 unspecified atom stereocenters. The number of nitrogens with zero attached hydrogens (tertiary/aromatic N) is 1. The highest BCUT2D eigenvalue weighted by Crippen LogP contribution is 2.39. The second-order valence-corrected chi connectivity index (χ2v) is 5.44. The molecule has 4 nitrogen and oxygen atoms in total. The molecule has 2 rings (SSSR count). The summed E-state index contributed by atoms with van der Waals surface area (Å²) in [7, 11) is 0. The van der Waals surface area contributed by atoms with E-state index in [4.69, 9.17) is 16.7 Å². The number of alkyl halides is 3. The van der Waals surface area contributed by atoms with Gasteiger partial charge in [0.15, 0.2) is 0 Å². The molecule has 1 aliphatic rings. The number of amides is 1. The maximum Gasteiger partial charge on any atom is 0.417 e. The van der Waals surface area contributed by atoms with Gasteiger partial charge in [-0.3, -0.25) is 0 Å². The third kappa shape index (κ3) is 3.24. The van der Waals surface area contributed by atoms with Crippen molar-refractivity contribution in [2.75, 3.05) is 13.1 Å². The minimum absolute atomic E-state index is 0.0187. The van der Waals surface area contributed by atoms with E-state index in [-0.39, 0.29) is 25.1 Å². The number of β-amino-alcohol motifs (C(OH)–C–C–N with tert-alkyl or cyclic N) is 1. The van der Waals surface area contributed by atoms with E-state index in [1.165, 1.54) is 6.07 Å². The summed E-state index contributed by atoms with van der Waals surface area (Å²) in [5, 5.41) is 19.0. The summed E-state index contributed by atoms with van der Waals surface area (Å²) in [6, 6.07) is 3.15. The van der Waals surface area contributed by atoms with Crippen LogP contribution in [0.3, 0.4) is 0 Å². The van der Waals surface area contributed by atoms with Crippen LogP contribution in [0.15, 0.2) is 18.2 Å². The lowest BCUT2D eigenvalue weighted by atomic mass is 9.85. The Morgan fingerprint density at radius 3 is 2.62 bits per heavy atom. The Morgan fingerprint density at radius 2 is 2.05 bits per heavy atom. The van der Waals surface area contributed by atoms with Crippen LogP contribution >= 0.6 is 11.6 Å². The molecule has 0 aliphatic carbocycles. The summed E-state index contributed by atoms with van der Waals surface area (Å²) < 4.78 is 38.6. The molecule has 2 N–H and O–H groups in total. The van der Waals surface area contributed by atoms with E-state index in [1.807, 2.05) is 0 Å². The number of hydrogen-bond acceptors (Lipinski definition) is 2. The van der Waals surface area contributed by atoms with Crippen LogP contribution in [0.4, 0.5) is 18.0 Å². The van der Waals surface area contributed by atoms with Gasteiger partial charge in [0.2, 0.25) is 0 Å². The number of carboxylic acid groups (broad SMARTS) is 1. The summed E-state index contributed by atoms with van der Waals surface area (Å²) in [5.74, 6) is 0. The lowest BCUT2D eigenvalue weighted by Gasteiger charge is -2.38. The average molecular weight is 324 g/mol. The Labute approximate surface area is 123 Å². The van der Waals surface area contributed by atoms with E-state index >= 15 is 0 Å². The number of rotatable bonds is 1. The second-order valence-electron chi connectivity index (χ2n) is 5.03. The topological polar surface area (TPSA) is 60.8 Å². The normalized spacial score (nSPS) is 23.2. The van der Waals surface area contributed by atoms with Gasteiger partial charge in [-0.1, -0.05) is 17.7 Å². The van der Waals surface area contributed by atoms with E-state index in [1.54, 1.807) is 0 Å². The molecule has 0 aromatic heterocycles. The third-order valence-electron chi connectivity index (χ3n) is 3.55. The Balaban J connectivity index is 2.39. The van der Waals surface area contributed by atoms with Gasteiger partial charge in [-0.05, 0) is 30.5 Å². The van der Waals surface area contributed by atoms with Crippen molar-refractivity contribution in [2.45, 2.75) is 24.6 Å². The quantitative estimate of drug-likeness (QED) is 0.833. The van der Waals surface area contributed by atoms with Crippen LogP contribution in [0.2, 0.25) is 5.02 Å². The predicted molar refractivity (Wildman–Crippen MR) is 69.2 cm³/mol. The molecule has 1 aromatic carbocycles. The second kappa shape index (κ2) is 5.38. The summed E-state index contributed by atoms with van der Waals surface area (Å²) in [5.41, 5.74) is -2.66. The van der Waals surface area contributed by atoms with Crippen LogP contribution in [-0.4, -0.2) is 34.3 Å². The number of aliphatic hydroxyl groups is 1. The maximum atomic E-state index is 12.9. The molecule has 116 valence electrons. The van der Waals surface area contributed by atoms with Gasteiger partial charge in [-0.2, -0.15) is 13.2 Å². The Bertz CT molecular complexity index is 564. The van der Waals surface area contributed by atoms with Crippen LogP contribution in [-0.2, 0) is 11.8 Å². The molecule has 1 heterocycles. The molecule has 1 aromatic rings. The standard InChI is InChI=1S/C13H13ClF3NO3/c14-10-3-2-8(6-9(10)13(15,16)17)12(21)4-1-5-18(7-12)11(19)20/h2-3,6,21H,1,4-5,7H2,(H,19,20). The van der Waals surface area contributed by atoms with Gasteiger partial charge in [-0.25, -0.2) is 4.79 Å². The molecule has 8 heteroatoms. The minimum Gasteiger partial charge on any atom is -0.465 e. The van der Waals surface area contributed by atoms with Gasteiger partial charge < -0.3 is 15.1 Å². The highest BCUT2D eigenvalue weighted by atomic mass is 35.5. The van der Waals surface area contributed by atoms with E-state index < -0.39 is 28.5 Å². The van der Waals surface area contributed by atoms with Crippen molar-refractivity contribution in [1.82, 2.24) is 4.90 Å². The highest BCUT2D eigenvalue weighted by Gasteiger charge is 2.40. The van der Waals surface area contributed by atoms with Crippen LogP contribution in [0.25, 0.3) is 0 Å². The number of benzene rings is 1. The lowest BCUT2D eigenvalue weighted by molar-refractivity contribution is -0.137. The molecule has 0 bridgehead atoms. The van der Waals surface area contributed by atoms with E-state index in [0.717, 1.165) is 17.0 Å². The largest absolute Gasteiger partial charge is 0.465 e. The zero-order valence-corrected chi connectivity index (χ0v) is 11.6. The number of likely N-dealkylation sites (tertiary alicyclic amines) is 1. The fourth-order valence-electron chi connectivity index (χ4n) is 2.47. The fraction of sp³-hybridized carbons (Fsp3) is 0.462. The number of carbonyl (C=O) groups is 1. The van der Waals surface area contributed by atoms with Crippen molar-refractivity contribution in [1.29, 1.82) is 0 Å². The monoisotopic (exact) mass is 323 g/mol. The molecule has 0 saturated carbocycles. The first-order chi connectivity index (χ1) is 9.63. The number of piperidine rings is 1. The van der Waals surface area contributed by atoms with Crippen molar-refractivity contribution in [2.24, 2.45) is 0 Å². The van der Waals surface area contributed by atoms with Gasteiger partial charge >= 0.3 is 12.3 Å². The minimum atomic E-state index is -4.63. The summed E-state index contributed by atoms with van der Waals surface area (Å²) >= 11 is 5.54. The molecule has 1 amide bonds. The molecule has 0 spiro atoms. The lowest BCUT2D eigenvalue weighted by Crippen LogP contribution is -2.48. The molecular weight excluding hydrogens is 311 g/mol. The first-order valence-electron chi connectivity index (χ1n) is 6.21. The van der Waals surface area contributed by atoms with Crippen molar-refractivity contribution in [3.05, 3.63) is 34.3 Å². The number of halogens is 4. The Morgan fingerprint density at radius 1 is 1.38 bits per heavy atom. The molecule has 1 aliphatic heterocycles. The van der Waals surface area contributed by atoms with Crippen molar-refractivity contribution >= 4 is 17.7 Å². The first kappa shape index (κ1) is 15.9. The molecular formula is C13H13ClF3NO3. The molecule has 1 fully saturated rings. The fourth-order valence-corrected chi connectivity index (χ4v) is 2.69. The molecule has 21 heavy (non-hydrogen) atoms. The van der Waals surface area contributed by atoms with E-state index in [0.29, 0.717) is 6.42 Å². The van der Waals surface area contributed by atoms with Crippen molar-refractivity contribution in [3.8, 4) is 0 Å². The Kier molecular flexibility index (Phi) is 4.08. The number of hydrogen-bond donors (Lipinski definition) is 2. The highest BCUT2D eigenvalue weighted by molar-refractivity contribution is 6.31. The molecule has 0 radical (unpaired) electrons. The molecule has 1 saturated heterocycles. The van der Waals surface area contributed by atoms with E-state index in [9.17, 15) is 23.1 Å².